The summed E-state index contributed by atoms with van der Waals surface area (Å²) in [5, 5.41) is 13.4. The zero-order valence-electron chi connectivity index (χ0n) is 10.4. The lowest BCUT2D eigenvalue weighted by Gasteiger charge is -2.07. The highest BCUT2D eigenvalue weighted by Gasteiger charge is 2.17. The predicted molar refractivity (Wildman–Crippen MR) is 63.5 cm³/mol. The maximum absolute atomic E-state index is 11.2. The highest BCUT2D eigenvalue weighted by molar-refractivity contribution is 5.86. The number of carboxylic acids is 1. The third-order valence-corrected chi connectivity index (χ3v) is 2.89. The predicted octanol–water partition coefficient (Wildman–Crippen LogP) is 2.17. The van der Waals surface area contributed by atoms with E-state index in [0.29, 0.717) is 5.65 Å². The molecule has 0 aliphatic carbocycles. The second kappa shape index (κ2) is 3.84. The standard InChI is InChI=1S/C12H15N3O2/c1-6(2)9-5-10(12(16)17)15-11(13-9)7(3)8(4)14-15/h5-6H,1-4H3,(H,16,17). The number of aromatic carboxylic acids is 1. The number of rotatable bonds is 2. The topological polar surface area (TPSA) is 67.5 Å². The molecule has 0 aliphatic rings. The number of nitrogens with zero attached hydrogens (tertiary/aromatic N) is 3. The molecule has 2 heterocycles. The van der Waals surface area contributed by atoms with Crippen LogP contribution in [0.25, 0.3) is 5.65 Å². The molecule has 0 radical (unpaired) electrons. The fraction of sp³-hybridized carbons (Fsp3) is 0.417. The Bertz CT molecular complexity index is 599. The van der Waals surface area contributed by atoms with Crippen molar-refractivity contribution in [1.29, 1.82) is 0 Å². The number of hydrogen-bond donors (Lipinski definition) is 1. The van der Waals surface area contributed by atoms with Gasteiger partial charge in [0, 0.05) is 11.3 Å². The number of carboxylic acid groups (broad SMARTS) is 1. The van der Waals surface area contributed by atoms with Gasteiger partial charge in [-0.3, -0.25) is 0 Å². The van der Waals surface area contributed by atoms with Crippen LogP contribution < -0.4 is 0 Å². The van der Waals surface area contributed by atoms with Crippen LogP contribution in [0.1, 0.15) is 47.2 Å². The summed E-state index contributed by atoms with van der Waals surface area (Å²) in [6, 6.07) is 1.59. The van der Waals surface area contributed by atoms with Crippen LogP contribution in [0.5, 0.6) is 0 Å². The molecule has 0 spiro atoms. The molecule has 0 atom stereocenters. The van der Waals surface area contributed by atoms with Crippen molar-refractivity contribution < 1.29 is 9.90 Å². The molecular weight excluding hydrogens is 218 g/mol. The molecule has 0 unspecified atom stereocenters. The first-order chi connectivity index (χ1) is 7.91. The van der Waals surface area contributed by atoms with Crippen molar-refractivity contribution >= 4 is 11.6 Å². The summed E-state index contributed by atoms with van der Waals surface area (Å²) in [4.78, 5) is 15.7. The maximum Gasteiger partial charge on any atom is 0.354 e. The zero-order valence-corrected chi connectivity index (χ0v) is 10.4. The second-order valence-corrected chi connectivity index (χ2v) is 4.47. The Labute approximate surface area is 99.1 Å². The number of aromatic nitrogens is 3. The molecule has 1 N–H and O–H groups in total. The van der Waals surface area contributed by atoms with Crippen molar-refractivity contribution in [2.24, 2.45) is 0 Å². The SMILES string of the molecule is Cc1nn2c(C(=O)O)cc(C(C)C)nc2c1C. The van der Waals surface area contributed by atoms with Gasteiger partial charge in [-0.1, -0.05) is 13.8 Å². The van der Waals surface area contributed by atoms with E-state index in [1.807, 2.05) is 27.7 Å². The average molecular weight is 233 g/mol. The van der Waals surface area contributed by atoms with Crippen molar-refractivity contribution in [3.8, 4) is 0 Å². The van der Waals surface area contributed by atoms with E-state index in [1.165, 1.54) is 4.52 Å². The van der Waals surface area contributed by atoms with Crippen molar-refractivity contribution in [2.75, 3.05) is 0 Å². The van der Waals surface area contributed by atoms with Crippen LogP contribution in [-0.4, -0.2) is 25.7 Å². The van der Waals surface area contributed by atoms with Crippen LogP contribution in [0.2, 0.25) is 0 Å². The largest absolute Gasteiger partial charge is 0.477 e. The third-order valence-electron chi connectivity index (χ3n) is 2.89. The summed E-state index contributed by atoms with van der Waals surface area (Å²) < 4.78 is 1.40. The zero-order chi connectivity index (χ0) is 12.7. The minimum Gasteiger partial charge on any atom is -0.477 e. The van der Waals surface area contributed by atoms with Crippen LogP contribution >= 0.6 is 0 Å². The van der Waals surface area contributed by atoms with E-state index in [0.717, 1.165) is 17.0 Å². The molecule has 90 valence electrons. The molecule has 0 aliphatic heterocycles. The van der Waals surface area contributed by atoms with Gasteiger partial charge in [0.15, 0.2) is 11.3 Å². The fourth-order valence-electron chi connectivity index (χ4n) is 1.70. The highest BCUT2D eigenvalue weighted by atomic mass is 16.4. The van der Waals surface area contributed by atoms with Gasteiger partial charge in [0.1, 0.15) is 0 Å². The molecule has 0 amide bonds. The van der Waals surface area contributed by atoms with Crippen LogP contribution in [0.15, 0.2) is 6.07 Å². The van der Waals surface area contributed by atoms with Gasteiger partial charge < -0.3 is 5.11 Å². The fourth-order valence-corrected chi connectivity index (χ4v) is 1.70. The lowest BCUT2D eigenvalue weighted by atomic mass is 10.1. The van der Waals surface area contributed by atoms with E-state index >= 15 is 0 Å². The molecule has 2 aromatic rings. The number of fused-ring (bicyclic) bond motifs is 1. The molecule has 0 aromatic carbocycles. The van der Waals surface area contributed by atoms with Crippen LogP contribution in [0.4, 0.5) is 0 Å². The Kier molecular flexibility index (Phi) is 2.61. The van der Waals surface area contributed by atoms with Crippen LogP contribution in [-0.2, 0) is 0 Å². The summed E-state index contributed by atoms with van der Waals surface area (Å²) in [7, 11) is 0. The lowest BCUT2D eigenvalue weighted by Crippen LogP contribution is -2.10. The molecular formula is C12H15N3O2. The first-order valence-corrected chi connectivity index (χ1v) is 5.52. The van der Waals surface area contributed by atoms with Gasteiger partial charge in [0.2, 0.25) is 0 Å². The Morgan fingerprint density at radius 2 is 2.06 bits per heavy atom. The minimum absolute atomic E-state index is 0.162. The first kappa shape index (κ1) is 11.6. The van der Waals surface area contributed by atoms with Gasteiger partial charge in [-0.05, 0) is 25.8 Å². The molecule has 5 heteroatoms. The molecule has 17 heavy (non-hydrogen) atoms. The quantitative estimate of drug-likeness (QED) is 0.863. The van der Waals surface area contributed by atoms with E-state index in [1.54, 1.807) is 6.07 Å². The second-order valence-electron chi connectivity index (χ2n) is 4.47. The Balaban J connectivity index is 2.86. The summed E-state index contributed by atoms with van der Waals surface area (Å²) in [6.07, 6.45) is 0. The Morgan fingerprint density at radius 3 is 2.59 bits per heavy atom. The molecule has 2 rings (SSSR count). The highest BCUT2D eigenvalue weighted by Crippen LogP contribution is 2.19. The summed E-state index contributed by atoms with van der Waals surface area (Å²) in [6.45, 7) is 7.73. The molecule has 5 nitrogen and oxygen atoms in total. The Hall–Kier alpha value is -1.91. The molecule has 0 saturated heterocycles. The summed E-state index contributed by atoms with van der Waals surface area (Å²) in [5.41, 5.74) is 3.30. The smallest absolute Gasteiger partial charge is 0.354 e. The van der Waals surface area contributed by atoms with Crippen molar-refractivity contribution in [2.45, 2.75) is 33.6 Å². The summed E-state index contributed by atoms with van der Waals surface area (Å²) >= 11 is 0. The van der Waals surface area contributed by atoms with Gasteiger partial charge >= 0.3 is 5.97 Å². The number of carbonyl (C=O) groups is 1. The van der Waals surface area contributed by atoms with Gasteiger partial charge in [0.25, 0.3) is 0 Å². The van der Waals surface area contributed by atoms with Crippen molar-refractivity contribution in [3.05, 3.63) is 28.7 Å². The average Bonchev–Trinajstić information content (AvgIpc) is 2.54. The van der Waals surface area contributed by atoms with E-state index in [4.69, 9.17) is 0 Å². The molecule has 0 fully saturated rings. The lowest BCUT2D eigenvalue weighted by molar-refractivity contribution is 0.0687. The molecule has 2 aromatic heterocycles. The molecule has 0 bridgehead atoms. The first-order valence-electron chi connectivity index (χ1n) is 5.52. The van der Waals surface area contributed by atoms with Gasteiger partial charge in [-0.15, -0.1) is 0 Å². The van der Waals surface area contributed by atoms with E-state index in [2.05, 4.69) is 10.1 Å². The van der Waals surface area contributed by atoms with E-state index in [9.17, 15) is 9.90 Å². The Morgan fingerprint density at radius 1 is 1.41 bits per heavy atom. The maximum atomic E-state index is 11.2. The number of aryl methyl sites for hydroxylation is 2. The normalized spacial score (nSPS) is 11.4. The van der Waals surface area contributed by atoms with Gasteiger partial charge in [0.05, 0.1) is 5.69 Å². The monoisotopic (exact) mass is 233 g/mol. The third kappa shape index (κ3) is 1.77. The minimum atomic E-state index is -0.984. The van der Waals surface area contributed by atoms with Crippen LogP contribution in [0.3, 0.4) is 0 Å². The number of hydrogen-bond acceptors (Lipinski definition) is 3. The van der Waals surface area contributed by atoms with Gasteiger partial charge in [-0.2, -0.15) is 5.10 Å². The van der Waals surface area contributed by atoms with Crippen LogP contribution in [0, 0.1) is 13.8 Å². The van der Waals surface area contributed by atoms with Gasteiger partial charge in [-0.25, -0.2) is 14.3 Å². The summed E-state index contributed by atoms with van der Waals surface area (Å²) in [5.74, 6) is -0.797. The van der Waals surface area contributed by atoms with E-state index < -0.39 is 5.97 Å². The van der Waals surface area contributed by atoms with Crippen molar-refractivity contribution in [1.82, 2.24) is 14.6 Å². The van der Waals surface area contributed by atoms with E-state index in [-0.39, 0.29) is 11.6 Å². The molecule has 0 saturated carbocycles. The van der Waals surface area contributed by atoms with Crippen molar-refractivity contribution in [3.63, 3.8) is 0 Å².